The van der Waals surface area contributed by atoms with Crippen molar-refractivity contribution in [2.45, 2.75) is 18.9 Å². The van der Waals surface area contributed by atoms with Crippen molar-refractivity contribution >= 4 is 5.91 Å². The molecule has 0 aromatic heterocycles. The summed E-state index contributed by atoms with van der Waals surface area (Å²) < 4.78 is 0. The highest BCUT2D eigenvalue weighted by Gasteiger charge is 2.19. The van der Waals surface area contributed by atoms with Gasteiger partial charge >= 0.3 is 0 Å². The SMILES string of the molecule is CN1CCCC1CNCC(N)=O. The summed E-state index contributed by atoms with van der Waals surface area (Å²) in [7, 11) is 2.11. The minimum absolute atomic E-state index is 0.282. The number of amides is 1. The fraction of sp³-hybridized carbons (Fsp3) is 0.875. The summed E-state index contributed by atoms with van der Waals surface area (Å²) in [6.45, 7) is 2.34. The van der Waals surface area contributed by atoms with Crippen LogP contribution in [0.1, 0.15) is 12.8 Å². The van der Waals surface area contributed by atoms with Crippen molar-refractivity contribution in [2.75, 3.05) is 26.7 Å². The van der Waals surface area contributed by atoms with E-state index in [9.17, 15) is 4.79 Å². The number of hydrogen-bond acceptors (Lipinski definition) is 3. The Bertz CT molecular complexity index is 160. The molecular weight excluding hydrogens is 154 g/mol. The Kier molecular flexibility index (Phi) is 3.49. The average Bonchev–Trinajstić information content (AvgIpc) is 2.36. The number of nitrogens with one attached hydrogen (secondary N) is 1. The van der Waals surface area contributed by atoms with E-state index >= 15 is 0 Å². The first-order valence-electron chi connectivity index (χ1n) is 4.39. The Morgan fingerprint density at radius 1 is 1.75 bits per heavy atom. The number of carbonyl (C=O) groups excluding carboxylic acids is 1. The van der Waals surface area contributed by atoms with E-state index in [0.717, 1.165) is 6.54 Å². The second-order valence-electron chi connectivity index (χ2n) is 3.37. The molecule has 1 amide bonds. The molecule has 0 saturated carbocycles. The smallest absolute Gasteiger partial charge is 0.231 e. The van der Waals surface area contributed by atoms with Crippen LogP contribution in [0.4, 0.5) is 0 Å². The van der Waals surface area contributed by atoms with Crippen molar-refractivity contribution < 1.29 is 4.79 Å². The Balaban J connectivity index is 2.10. The summed E-state index contributed by atoms with van der Waals surface area (Å²) in [6.07, 6.45) is 2.49. The summed E-state index contributed by atoms with van der Waals surface area (Å²) in [5.74, 6) is -0.282. The molecule has 1 aliphatic rings. The Morgan fingerprint density at radius 3 is 3.00 bits per heavy atom. The van der Waals surface area contributed by atoms with E-state index in [1.54, 1.807) is 0 Å². The van der Waals surface area contributed by atoms with E-state index in [1.165, 1.54) is 19.4 Å². The molecule has 1 fully saturated rings. The third-order valence-corrected chi connectivity index (χ3v) is 2.35. The molecule has 4 nitrogen and oxygen atoms in total. The van der Waals surface area contributed by atoms with Gasteiger partial charge in [-0.15, -0.1) is 0 Å². The summed E-state index contributed by atoms with van der Waals surface area (Å²) >= 11 is 0. The number of likely N-dealkylation sites (tertiary alicyclic amines) is 1. The van der Waals surface area contributed by atoms with Crippen LogP contribution >= 0.6 is 0 Å². The lowest BCUT2D eigenvalue weighted by molar-refractivity contribution is -0.117. The molecule has 0 aromatic rings. The zero-order valence-electron chi connectivity index (χ0n) is 7.55. The third-order valence-electron chi connectivity index (χ3n) is 2.35. The number of likely N-dealkylation sites (N-methyl/N-ethyl adjacent to an activating group) is 1. The van der Waals surface area contributed by atoms with E-state index in [4.69, 9.17) is 5.73 Å². The van der Waals surface area contributed by atoms with Crippen LogP contribution in [-0.4, -0.2) is 43.5 Å². The number of carbonyl (C=O) groups is 1. The van der Waals surface area contributed by atoms with Crippen molar-refractivity contribution in [3.63, 3.8) is 0 Å². The zero-order valence-corrected chi connectivity index (χ0v) is 7.55. The van der Waals surface area contributed by atoms with Crippen LogP contribution in [0, 0.1) is 0 Å². The van der Waals surface area contributed by atoms with Crippen molar-refractivity contribution in [1.29, 1.82) is 0 Å². The van der Waals surface area contributed by atoms with Gasteiger partial charge in [-0.3, -0.25) is 4.79 Å². The molecular formula is C8H17N3O. The number of hydrogen-bond donors (Lipinski definition) is 2. The Hall–Kier alpha value is -0.610. The molecule has 1 unspecified atom stereocenters. The molecule has 0 radical (unpaired) electrons. The maximum atomic E-state index is 10.4. The normalized spacial score (nSPS) is 24.6. The van der Waals surface area contributed by atoms with Gasteiger partial charge in [-0.05, 0) is 26.4 Å². The molecule has 70 valence electrons. The quantitative estimate of drug-likeness (QED) is 0.579. The Labute approximate surface area is 73.1 Å². The average molecular weight is 171 g/mol. The highest BCUT2D eigenvalue weighted by molar-refractivity contribution is 5.75. The molecule has 4 heteroatoms. The van der Waals surface area contributed by atoms with E-state index in [1.807, 2.05) is 0 Å². The zero-order chi connectivity index (χ0) is 8.97. The molecule has 12 heavy (non-hydrogen) atoms. The highest BCUT2D eigenvalue weighted by atomic mass is 16.1. The summed E-state index contributed by atoms with van der Waals surface area (Å²) in [5, 5.41) is 3.04. The third kappa shape index (κ3) is 2.79. The molecule has 0 spiro atoms. The van der Waals surface area contributed by atoms with Gasteiger partial charge in [0.05, 0.1) is 6.54 Å². The summed E-state index contributed by atoms with van der Waals surface area (Å²) in [4.78, 5) is 12.7. The van der Waals surface area contributed by atoms with Gasteiger partial charge in [-0.2, -0.15) is 0 Å². The van der Waals surface area contributed by atoms with Gasteiger partial charge in [-0.25, -0.2) is 0 Å². The van der Waals surface area contributed by atoms with E-state index in [0.29, 0.717) is 12.6 Å². The van der Waals surface area contributed by atoms with Crippen molar-refractivity contribution in [3.8, 4) is 0 Å². The first-order valence-corrected chi connectivity index (χ1v) is 4.39. The lowest BCUT2D eigenvalue weighted by atomic mass is 10.2. The molecule has 3 N–H and O–H groups in total. The van der Waals surface area contributed by atoms with Gasteiger partial charge in [0.15, 0.2) is 0 Å². The minimum Gasteiger partial charge on any atom is -0.369 e. The highest BCUT2D eigenvalue weighted by Crippen LogP contribution is 2.13. The van der Waals surface area contributed by atoms with Gasteiger partial charge < -0.3 is 16.0 Å². The Morgan fingerprint density at radius 2 is 2.50 bits per heavy atom. The van der Waals surface area contributed by atoms with E-state index in [-0.39, 0.29) is 5.91 Å². The predicted molar refractivity (Wildman–Crippen MR) is 47.7 cm³/mol. The summed E-state index contributed by atoms with van der Waals surface area (Å²) in [6, 6.07) is 0.587. The van der Waals surface area contributed by atoms with Crippen LogP contribution in [0.5, 0.6) is 0 Å². The van der Waals surface area contributed by atoms with Crippen molar-refractivity contribution in [1.82, 2.24) is 10.2 Å². The molecule has 1 atom stereocenters. The van der Waals surface area contributed by atoms with E-state index < -0.39 is 0 Å². The van der Waals surface area contributed by atoms with Crippen LogP contribution in [-0.2, 0) is 4.79 Å². The molecule has 0 aliphatic carbocycles. The number of nitrogens with zero attached hydrogens (tertiary/aromatic N) is 1. The van der Waals surface area contributed by atoms with Crippen LogP contribution in [0.15, 0.2) is 0 Å². The molecule has 1 aliphatic heterocycles. The van der Waals surface area contributed by atoms with Gasteiger partial charge in [0.2, 0.25) is 5.91 Å². The van der Waals surface area contributed by atoms with Gasteiger partial charge in [0.1, 0.15) is 0 Å². The number of primary amides is 1. The first-order chi connectivity index (χ1) is 5.70. The fourth-order valence-electron chi connectivity index (χ4n) is 1.60. The maximum absolute atomic E-state index is 10.4. The van der Waals surface area contributed by atoms with Crippen molar-refractivity contribution in [2.24, 2.45) is 5.73 Å². The first kappa shape index (κ1) is 9.48. The van der Waals surface area contributed by atoms with E-state index in [2.05, 4.69) is 17.3 Å². The van der Waals surface area contributed by atoms with Crippen LogP contribution in [0.2, 0.25) is 0 Å². The van der Waals surface area contributed by atoms with Gasteiger partial charge in [0, 0.05) is 12.6 Å². The largest absolute Gasteiger partial charge is 0.369 e. The van der Waals surface area contributed by atoms with Crippen molar-refractivity contribution in [3.05, 3.63) is 0 Å². The standard InChI is InChI=1S/C8H17N3O/c1-11-4-2-3-7(11)5-10-6-8(9)12/h7,10H,2-6H2,1H3,(H2,9,12). The maximum Gasteiger partial charge on any atom is 0.231 e. The van der Waals surface area contributed by atoms with Crippen LogP contribution in [0.25, 0.3) is 0 Å². The fourth-order valence-corrected chi connectivity index (χ4v) is 1.60. The molecule has 1 rings (SSSR count). The number of nitrogens with two attached hydrogens (primary N) is 1. The van der Waals surface area contributed by atoms with Crippen LogP contribution < -0.4 is 11.1 Å². The molecule has 0 aromatic carbocycles. The minimum atomic E-state index is -0.282. The van der Waals surface area contributed by atoms with Crippen LogP contribution in [0.3, 0.4) is 0 Å². The van der Waals surface area contributed by atoms with Gasteiger partial charge in [-0.1, -0.05) is 0 Å². The summed E-state index contributed by atoms with van der Waals surface area (Å²) in [5.41, 5.74) is 5.00. The number of rotatable bonds is 4. The molecule has 1 heterocycles. The second-order valence-corrected chi connectivity index (χ2v) is 3.37. The lowest BCUT2D eigenvalue weighted by Crippen LogP contribution is -2.38. The predicted octanol–water partition coefficient (Wildman–Crippen LogP) is -0.844. The second kappa shape index (κ2) is 4.42. The molecule has 0 bridgehead atoms. The monoisotopic (exact) mass is 171 g/mol. The molecule has 1 saturated heterocycles. The topological polar surface area (TPSA) is 58.4 Å². The lowest BCUT2D eigenvalue weighted by Gasteiger charge is -2.19. The van der Waals surface area contributed by atoms with Gasteiger partial charge in [0.25, 0.3) is 0 Å².